The molecule has 2 aromatic heterocycles. The van der Waals surface area contributed by atoms with Crippen LogP contribution in [0.2, 0.25) is 0 Å². The van der Waals surface area contributed by atoms with E-state index >= 15 is 0 Å². The topological polar surface area (TPSA) is 58.1 Å². The molecule has 4 rings (SSSR count). The third kappa shape index (κ3) is 3.30. The molecular formula is C18H24N4OS. The van der Waals surface area contributed by atoms with Gasteiger partial charge in [0, 0.05) is 12.0 Å². The average Bonchev–Trinajstić information content (AvgIpc) is 3.23. The van der Waals surface area contributed by atoms with Crippen LogP contribution in [0.15, 0.2) is 12.1 Å². The van der Waals surface area contributed by atoms with E-state index in [9.17, 15) is 4.79 Å². The lowest BCUT2D eigenvalue weighted by atomic mass is 9.98. The summed E-state index contributed by atoms with van der Waals surface area (Å²) in [6.07, 6.45) is 6.93. The van der Waals surface area contributed by atoms with Crippen LogP contribution in [0.4, 0.5) is 0 Å². The highest BCUT2D eigenvalue weighted by Gasteiger charge is 2.23. The van der Waals surface area contributed by atoms with Crippen molar-refractivity contribution in [1.82, 2.24) is 20.2 Å². The number of thiazole rings is 1. The van der Waals surface area contributed by atoms with Crippen molar-refractivity contribution in [3.05, 3.63) is 22.8 Å². The predicted octanol–water partition coefficient (Wildman–Crippen LogP) is 3.17. The van der Waals surface area contributed by atoms with Gasteiger partial charge in [-0.1, -0.05) is 24.2 Å². The number of piperidine rings is 1. The first kappa shape index (κ1) is 16.0. The molecule has 0 spiro atoms. The van der Waals surface area contributed by atoms with Crippen molar-refractivity contribution in [2.45, 2.75) is 50.5 Å². The zero-order valence-corrected chi connectivity index (χ0v) is 14.9. The van der Waals surface area contributed by atoms with Crippen LogP contribution in [0, 0.1) is 0 Å². The fraction of sp³-hybridized carbons (Fsp3) is 0.611. The lowest BCUT2D eigenvalue weighted by Crippen LogP contribution is -2.33. The standard InChI is InChI=1S/C18H24N4OS/c1-22-10-8-12(9-11-22)17-21-15-7-6-14(20-18(15)24-17)16(23)19-13-4-2-3-5-13/h6-7,12-13H,2-5,8-11H2,1H3,(H,19,23). The van der Waals surface area contributed by atoms with Gasteiger partial charge in [0.1, 0.15) is 16.0 Å². The number of hydrogen-bond acceptors (Lipinski definition) is 5. The minimum absolute atomic E-state index is 0.0435. The summed E-state index contributed by atoms with van der Waals surface area (Å²) in [7, 11) is 2.17. The Bertz CT molecular complexity index is 730. The molecule has 0 aromatic carbocycles. The van der Waals surface area contributed by atoms with Gasteiger partial charge >= 0.3 is 0 Å². The Kier molecular flexibility index (Phi) is 4.50. The molecule has 0 unspecified atom stereocenters. The molecule has 1 aliphatic carbocycles. The van der Waals surface area contributed by atoms with Gasteiger partial charge in [-0.3, -0.25) is 4.79 Å². The van der Waals surface area contributed by atoms with Gasteiger partial charge in [-0.15, -0.1) is 0 Å². The summed E-state index contributed by atoms with van der Waals surface area (Å²) >= 11 is 1.66. The van der Waals surface area contributed by atoms with Crippen molar-refractivity contribution in [3.63, 3.8) is 0 Å². The molecule has 1 N–H and O–H groups in total. The van der Waals surface area contributed by atoms with Gasteiger partial charge in [-0.25, -0.2) is 9.97 Å². The van der Waals surface area contributed by atoms with Gasteiger partial charge in [-0.2, -0.15) is 0 Å². The quantitative estimate of drug-likeness (QED) is 0.929. The number of aromatic nitrogens is 2. The average molecular weight is 344 g/mol. The molecule has 1 amide bonds. The molecule has 6 heteroatoms. The number of carbonyl (C=O) groups excluding carboxylic acids is 1. The Morgan fingerprint density at radius 1 is 1.17 bits per heavy atom. The van der Waals surface area contributed by atoms with Crippen LogP contribution in [0.5, 0.6) is 0 Å². The molecule has 0 radical (unpaired) electrons. The van der Waals surface area contributed by atoms with E-state index < -0.39 is 0 Å². The van der Waals surface area contributed by atoms with Crippen LogP contribution >= 0.6 is 11.3 Å². The fourth-order valence-corrected chi connectivity index (χ4v) is 4.83. The summed E-state index contributed by atoms with van der Waals surface area (Å²) in [5, 5.41) is 4.29. The minimum Gasteiger partial charge on any atom is -0.348 e. The number of nitrogens with one attached hydrogen (secondary N) is 1. The molecule has 3 heterocycles. The van der Waals surface area contributed by atoms with Crippen LogP contribution in [0.1, 0.15) is 59.9 Å². The monoisotopic (exact) mass is 344 g/mol. The van der Waals surface area contributed by atoms with Gasteiger partial charge in [0.05, 0.1) is 5.01 Å². The first-order valence-electron chi connectivity index (χ1n) is 8.96. The number of nitrogens with zero attached hydrogens (tertiary/aromatic N) is 3. The van der Waals surface area contributed by atoms with Crippen molar-refractivity contribution < 1.29 is 4.79 Å². The first-order valence-corrected chi connectivity index (χ1v) is 9.77. The van der Waals surface area contributed by atoms with E-state index in [0.717, 1.165) is 49.1 Å². The van der Waals surface area contributed by atoms with Gasteiger partial charge < -0.3 is 10.2 Å². The molecule has 1 saturated heterocycles. The number of pyridine rings is 1. The summed E-state index contributed by atoms with van der Waals surface area (Å²) in [5.74, 6) is 0.495. The molecule has 2 fully saturated rings. The molecule has 128 valence electrons. The summed E-state index contributed by atoms with van der Waals surface area (Å²) in [4.78, 5) is 25.0. The van der Waals surface area contributed by atoms with E-state index in [2.05, 4.69) is 22.2 Å². The van der Waals surface area contributed by atoms with E-state index in [1.807, 2.05) is 12.1 Å². The molecule has 1 aliphatic heterocycles. The molecule has 24 heavy (non-hydrogen) atoms. The van der Waals surface area contributed by atoms with E-state index in [4.69, 9.17) is 4.98 Å². The second-order valence-electron chi connectivity index (χ2n) is 7.11. The van der Waals surface area contributed by atoms with Gasteiger partial charge in [0.2, 0.25) is 0 Å². The molecule has 2 aromatic rings. The Morgan fingerprint density at radius 2 is 1.92 bits per heavy atom. The number of carbonyl (C=O) groups is 1. The molecular weight excluding hydrogens is 320 g/mol. The van der Waals surface area contributed by atoms with Crippen molar-refractivity contribution >= 4 is 27.6 Å². The summed E-state index contributed by atoms with van der Waals surface area (Å²) < 4.78 is 0. The zero-order valence-electron chi connectivity index (χ0n) is 14.1. The number of rotatable bonds is 3. The van der Waals surface area contributed by atoms with Crippen molar-refractivity contribution in [2.75, 3.05) is 20.1 Å². The van der Waals surface area contributed by atoms with Crippen LogP contribution in [-0.4, -0.2) is 47.0 Å². The smallest absolute Gasteiger partial charge is 0.270 e. The second kappa shape index (κ2) is 6.76. The molecule has 2 aliphatic rings. The third-order valence-corrected chi connectivity index (χ3v) is 6.39. The van der Waals surface area contributed by atoms with Gasteiger partial charge in [0.15, 0.2) is 0 Å². The van der Waals surface area contributed by atoms with Crippen molar-refractivity contribution in [2.24, 2.45) is 0 Å². The number of likely N-dealkylation sites (tertiary alicyclic amines) is 1. The highest BCUT2D eigenvalue weighted by Crippen LogP contribution is 2.33. The number of fused-ring (bicyclic) bond motifs is 1. The molecule has 5 nitrogen and oxygen atoms in total. The molecule has 0 bridgehead atoms. The SMILES string of the molecule is CN1CCC(c2nc3ccc(C(=O)NC4CCCC4)nc3s2)CC1. The summed E-state index contributed by atoms with van der Waals surface area (Å²) in [5.41, 5.74) is 1.44. The fourth-order valence-electron chi connectivity index (χ4n) is 3.72. The Hall–Kier alpha value is -1.53. The summed E-state index contributed by atoms with van der Waals surface area (Å²) in [6, 6.07) is 4.08. The van der Waals surface area contributed by atoms with E-state index in [-0.39, 0.29) is 5.91 Å². The largest absolute Gasteiger partial charge is 0.348 e. The van der Waals surface area contributed by atoms with E-state index in [0.29, 0.717) is 17.7 Å². The highest BCUT2D eigenvalue weighted by atomic mass is 32.1. The normalized spacial score (nSPS) is 20.7. The predicted molar refractivity (Wildman–Crippen MR) is 96.6 cm³/mol. The van der Waals surface area contributed by atoms with E-state index in [1.165, 1.54) is 17.8 Å². The van der Waals surface area contributed by atoms with Crippen molar-refractivity contribution in [1.29, 1.82) is 0 Å². The lowest BCUT2D eigenvalue weighted by molar-refractivity contribution is 0.0933. The van der Waals surface area contributed by atoms with Gasteiger partial charge in [-0.05, 0) is 58.0 Å². The molecule has 0 atom stereocenters. The zero-order chi connectivity index (χ0) is 16.5. The Labute approximate surface area is 146 Å². The molecule has 1 saturated carbocycles. The maximum atomic E-state index is 12.4. The third-order valence-electron chi connectivity index (χ3n) is 5.26. The van der Waals surface area contributed by atoms with Crippen LogP contribution in [0.3, 0.4) is 0 Å². The van der Waals surface area contributed by atoms with E-state index in [1.54, 1.807) is 11.3 Å². The maximum absolute atomic E-state index is 12.4. The highest BCUT2D eigenvalue weighted by molar-refractivity contribution is 7.18. The first-order chi connectivity index (χ1) is 11.7. The number of amides is 1. The minimum atomic E-state index is -0.0435. The van der Waals surface area contributed by atoms with Crippen LogP contribution < -0.4 is 5.32 Å². The number of hydrogen-bond donors (Lipinski definition) is 1. The van der Waals surface area contributed by atoms with Crippen LogP contribution in [0.25, 0.3) is 10.3 Å². The maximum Gasteiger partial charge on any atom is 0.270 e. The lowest BCUT2D eigenvalue weighted by Gasteiger charge is -2.27. The second-order valence-corrected chi connectivity index (χ2v) is 8.11. The van der Waals surface area contributed by atoms with Gasteiger partial charge in [0.25, 0.3) is 5.91 Å². The summed E-state index contributed by atoms with van der Waals surface area (Å²) in [6.45, 7) is 2.26. The van der Waals surface area contributed by atoms with Crippen molar-refractivity contribution in [3.8, 4) is 0 Å². The van der Waals surface area contributed by atoms with Crippen LogP contribution in [-0.2, 0) is 0 Å². The Morgan fingerprint density at radius 3 is 2.67 bits per heavy atom. The Balaban J connectivity index is 1.51.